The van der Waals surface area contributed by atoms with Crippen molar-refractivity contribution in [3.8, 4) is 0 Å². The maximum Gasteiger partial charge on any atom is 0.433 e. The Labute approximate surface area is 132 Å². The van der Waals surface area contributed by atoms with Gasteiger partial charge >= 0.3 is 11.9 Å². The van der Waals surface area contributed by atoms with Crippen LogP contribution in [0.3, 0.4) is 0 Å². The van der Waals surface area contributed by atoms with Gasteiger partial charge in [0.15, 0.2) is 5.82 Å². The minimum absolute atomic E-state index is 0.149. The van der Waals surface area contributed by atoms with Gasteiger partial charge in [0.25, 0.3) is 0 Å². The molecular formula is C14H10F3N5O2. The molecule has 0 radical (unpaired) electrons. The maximum absolute atomic E-state index is 12.4. The fourth-order valence-corrected chi connectivity index (χ4v) is 2.11. The van der Waals surface area contributed by atoms with Gasteiger partial charge in [0, 0.05) is 12.4 Å². The van der Waals surface area contributed by atoms with Crippen LogP contribution in [0.2, 0.25) is 0 Å². The second kappa shape index (κ2) is 5.80. The first-order valence-electron chi connectivity index (χ1n) is 6.72. The van der Waals surface area contributed by atoms with Crippen LogP contribution in [0.4, 0.5) is 19.0 Å². The molecule has 1 amide bonds. The van der Waals surface area contributed by atoms with Gasteiger partial charge in [0.2, 0.25) is 5.91 Å². The zero-order valence-electron chi connectivity index (χ0n) is 11.9. The smallest absolute Gasteiger partial charge is 0.309 e. The number of amides is 1. The van der Waals surface area contributed by atoms with Gasteiger partial charge in [-0.1, -0.05) is 6.07 Å². The van der Waals surface area contributed by atoms with Crippen LogP contribution in [-0.2, 0) is 17.4 Å². The van der Waals surface area contributed by atoms with Gasteiger partial charge in [-0.05, 0) is 17.7 Å². The molecule has 0 aromatic carbocycles. The molecule has 0 fully saturated rings. The molecule has 24 heavy (non-hydrogen) atoms. The van der Waals surface area contributed by atoms with E-state index in [9.17, 15) is 22.8 Å². The largest absolute Gasteiger partial charge is 0.433 e. The first-order chi connectivity index (χ1) is 11.3. The third-order valence-corrected chi connectivity index (χ3v) is 3.18. The van der Waals surface area contributed by atoms with Crippen LogP contribution in [0.5, 0.6) is 0 Å². The number of pyridine rings is 2. The van der Waals surface area contributed by atoms with Crippen molar-refractivity contribution < 1.29 is 18.0 Å². The van der Waals surface area contributed by atoms with Crippen molar-refractivity contribution in [3.05, 3.63) is 52.3 Å². The quantitative estimate of drug-likeness (QED) is 0.678. The van der Waals surface area contributed by atoms with Crippen LogP contribution < -0.4 is 11.0 Å². The number of H-pyrrole nitrogens is 2. The molecule has 3 aromatic rings. The third-order valence-electron chi connectivity index (χ3n) is 3.18. The summed E-state index contributed by atoms with van der Waals surface area (Å²) in [6.45, 7) is 0. The Bertz CT molecular complexity index is 943. The number of anilines is 1. The highest BCUT2D eigenvalue weighted by Crippen LogP contribution is 2.27. The molecule has 0 aliphatic heterocycles. The summed E-state index contributed by atoms with van der Waals surface area (Å²) in [4.78, 5) is 35.6. The van der Waals surface area contributed by atoms with E-state index in [1.165, 1.54) is 12.3 Å². The average molecular weight is 337 g/mol. The molecule has 0 saturated heterocycles. The van der Waals surface area contributed by atoms with E-state index < -0.39 is 23.5 Å². The Morgan fingerprint density at radius 1 is 1.17 bits per heavy atom. The molecule has 3 aromatic heterocycles. The van der Waals surface area contributed by atoms with Gasteiger partial charge in [0.05, 0.1) is 11.9 Å². The predicted octanol–water partition coefficient (Wildman–Crippen LogP) is 1.85. The first kappa shape index (κ1) is 15.7. The summed E-state index contributed by atoms with van der Waals surface area (Å²) in [7, 11) is 0. The van der Waals surface area contributed by atoms with Gasteiger partial charge < -0.3 is 15.3 Å². The molecule has 3 rings (SSSR count). The van der Waals surface area contributed by atoms with Crippen molar-refractivity contribution in [3.63, 3.8) is 0 Å². The monoisotopic (exact) mass is 337 g/mol. The Hall–Kier alpha value is -3.17. The molecule has 3 heterocycles. The number of nitrogens with zero attached hydrogens (tertiary/aromatic N) is 2. The molecule has 7 nitrogen and oxygen atoms in total. The Kier molecular flexibility index (Phi) is 3.80. The predicted molar refractivity (Wildman–Crippen MR) is 78.3 cm³/mol. The molecular weight excluding hydrogens is 327 g/mol. The SMILES string of the molecule is O=C(Cc1ccc(C(F)(F)F)nc1)Nc1nccc2[nH]c(=O)[nH]c12. The summed E-state index contributed by atoms with van der Waals surface area (Å²) in [6, 6.07) is 3.55. The summed E-state index contributed by atoms with van der Waals surface area (Å²) in [5.74, 6) is -0.352. The van der Waals surface area contributed by atoms with Crippen LogP contribution >= 0.6 is 0 Å². The Balaban J connectivity index is 1.74. The van der Waals surface area contributed by atoms with Crippen LogP contribution in [0.25, 0.3) is 11.0 Å². The lowest BCUT2D eigenvalue weighted by Crippen LogP contribution is -2.16. The Morgan fingerprint density at radius 3 is 2.62 bits per heavy atom. The van der Waals surface area contributed by atoms with Gasteiger partial charge in [-0.25, -0.2) is 9.78 Å². The Morgan fingerprint density at radius 2 is 1.96 bits per heavy atom. The van der Waals surface area contributed by atoms with Crippen molar-refractivity contribution in [1.82, 2.24) is 19.9 Å². The van der Waals surface area contributed by atoms with Gasteiger partial charge in [-0.2, -0.15) is 13.2 Å². The van der Waals surface area contributed by atoms with E-state index in [0.717, 1.165) is 12.3 Å². The van der Waals surface area contributed by atoms with E-state index in [2.05, 4.69) is 25.3 Å². The van der Waals surface area contributed by atoms with Crippen molar-refractivity contribution in [1.29, 1.82) is 0 Å². The number of aromatic nitrogens is 4. The zero-order valence-corrected chi connectivity index (χ0v) is 11.9. The number of alkyl halides is 3. The third kappa shape index (κ3) is 3.26. The summed E-state index contributed by atoms with van der Waals surface area (Å²) in [5, 5.41) is 2.50. The number of carbonyl (C=O) groups is 1. The number of hydrogen-bond acceptors (Lipinski definition) is 4. The number of carbonyl (C=O) groups excluding carboxylic acids is 1. The standard InChI is InChI=1S/C14H10F3N5O2/c15-14(16,17)9-2-1-7(6-19-9)5-10(23)21-12-11-8(3-4-18-12)20-13(24)22-11/h1-4,6H,5H2,(H,18,21,23)(H2,20,22,24). The molecule has 0 aliphatic carbocycles. The highest BCUT2D eigenvalue weighted by Gasteiger charge is 2.32. The van der Waals surface area contributed by atoms with E-state index in [1.807, 2.05) is 0 Å². The minimum atomic E-state index is -4.53. The molecule has 0 saturated carbocycles. The zero-order chi connectivity index (χ0) is 17.3. The van der Waals surface area contributed by atoms with Crippen LogP contribution in [0.15, 0.2) is 35.4 Å². The lowest BCUT2D eigenvalue weighted by Gasteiger charge is -2.07. The number of imidazole rings is 1. The second-order valence-corrected chi connectivity index (χ2v) is 4.94. The molecule has 10 heteroatoms. The highest BCUT2D eigenvalue weighted by molar-refractivity contribution is 5.98. The van der Waals surface area contributed by atoms with E-state index in [0.29, 0.717) is 16.6 Å². The van der Waals surface area contributed by atoms with E-state index in [1.54, 1.807) is 6.07 Å². The summed E-state index contributed by atoms with van der Waals surface area (Å²) in [5.41, 5.74) is -0.346. The fraction of sp³-hybridized carbons (Fsp3) is 0.143. The first-order valence-corrected chi connectivity index (χ1v) is 6.72. The summed E-state index contributed by atoms with van der Waals surface area (Å²) >= 11 is 0. The lowest BCUT2D eigenvalue weighted by atomic mass is 10.2. The molecule has 0 spiro atoms. The summed E-state index contributed by atoms with van der Waals surface area (Å²) in [6.07, 6.45) is -2.31. The number of rotatable bonds is 3. The van der Waals surface area contributed by atoms with Crippen LogP contribution in [0, 0.1) is 0 Å². The minimum Gasteiger partial charge on any atom is -0.309 e. The van der Waals surface area contributed by atoms with Crippen molar-refractivity contribution in [2.24, 2.45) is 0 Å². The van der Waals surface area contributed by atoms with E-state index in [-0.39, 0.29) is 12.2 Å². The highest BCUT2D eigenvalue weighted by atomic mass is 19.4. The molecule has 0 bridgehead atoms. The average Bonchev–Trinajstić information content (AvgIpc) is 2.88. The summed E-state index contributed by atoms with van der Waals surface area (Å²) < 4.78 is 37.3. The number of halogens is 3. The number of nitrogens with one attached hydrogen (secondary N) is 3. The maximum atomic E-state index is 12.4. The van der Waals surface area contributed by atoms with E-state index in [4.69, 9.17) is 0 Å². The number of hydrogen-bond donors (Lipinski definition) is 3. The van der Waals surface area contributed by atoms with Crippen molar-refractivity contribution in [2.45, 2.75) is 12.6 Å². The number of fused-ring (bicyclic) bond motifs is 1. The van der Waals surface area contributed by atoms with Crippen LogP contribution in [-0.4, -0.2) is 25.8 Å². The number of aromatic amines is 2. The lowest BCUT2D eigenvalue weighted by molar-refractivity contribution is -0.141. The molecule has 0 atom stereocenters. The van der Waals surface area contributed by atoms with Gasteiger partial charge in [0.1, 0.15) is 11.2 Å². The molecule has 124 valence electrons. The molecule has 0 unspecified atom stereocenters. The fourth-order valence-electron chi connectivity index (χ4n) is 2.11. The van der Waals surface area contributed by atoms with Gasteiger partial charge in [-0.3, -0.25) is 9.78 Å². The topological polar surface area (TPSA) is 104 Å². The second-order valence-electron chi connectivity index (χ2n) is 4.94. The van der Waals surface area contributed by atoms with Crippen LogP contribution in [0.1, 0.15) is 11.3 Å². The van der Waals surface area contributed by atoms with Crippen molar-refractivity contribution in [2.75, 3.05) is 5.32 Å². The van der Waals surface area contributed by atoms with Crippen molar-refractivity contribution >= 4 is 22.8 Å². The normalized spacial score (nSPS) is 11.6. The van der Waals surface area contributed by atoms with E-state index >= 15 is 0 Å². The molecule has 0 aliphatic rings. The molecule has 3 N–H and O–H groups in total. The van der Waals surface area contributed by atoms with Gasteiger partial charge in [-0.15, -0.1) is 0 Å².